The SMILES string of the molecule is O=C(NC(Cc1ccc(-c2ncccc2C(F)(F)F)c2nccn12)C(=O)O)c1c(F)cc(N2CCOCC2C(F)(F)F)cc1F. The average Bonchev–Trinajstić information content (AvgIpc) is 3.46. The molecule has 2 unspecified atom stereocenters. The van der Waals surface area contributed by atoms with Gasteiger partial charge < -0.3 is 24.5 Å². The minimum atomic E-state index is -4.78. The van der Waals surface area contributed by atoms with E-state index in [-0.39, 0.29) is 30.1 Å². The number of carboxylic acids is 1. The van der Waals surface area contributed by atoms with Crippen molar-refractivity contribution in [3.8, 4) is 11.3 Å². The van der Waals surface area contributed by atoms with Gasteiger partial charge in [-0.3, -0.25) is 9.78 Å². The smallest absolute Gasteiger partial charge is 0.418 e. The second kappa shape index (κ2) is 11.9. The predicted octanol–water partition coefficient (Wildman–Crippen LogP) is 4.89. The summed E-state index contributed by atoms with van der Waals surface area (Å²) in [6, 6.07) is 1.57. The van der Waals surface area contributed by atoms with E-state index in [1.165, 1.54) is 28.9 Å². The van der Waals surface area contributed by atoms with Gasteiger partial charge in [0.05, 0.1) is 24.5 Å². The highest BCUT2D eigenvalue weighted by Crippen LogP contribution is 2.37. The van der Waals surface area contributed by atoms with E-state index in [2.05, 4.69) is 9.97 Å². The van der Waals surface area contributed by atoms with Crippen LogP contribution in [0.4, 0.5) is 40.8 Å². The molecule has 1 fully saturated rings. The first kappa shape index (κ1) is 31.6. The Kier molecular flexibility index (Phi) is 8.39. The van der Waals surface area contributed by atoms with Gasteiger partial charge in [0.25, 0.3) is 5.91 Å². The van der Waals surface area contributed by atoms with Crippen molar-refractivity contribution in [1.29, 1.82) is 0 Å². The number of amides is 1. The number of aromatic nitrogens is 3. The van der Waals surface area contributed by atoms with Gasteiger partial charge in [-0.1, -0.05) is 0 Å². The van der Waals surface area contributed by atoms with E-state index < -0.39 is 83.5 Å². The van der Waals surface area contributed by atoms with E-state index in [0.717, 1.165) is 18.3 Å². The Morgan fingerprint density at radius 1 is 1.04 bits per heavy atom. The number of alkyl halides is 6. The molecule has 9 nitrogen and oxygen atoms in total. The molecule has 5 rings (SSSR count). The van der Waals surface area contributed by atoms with Crippen molar-refractivity contribution in [2.45, 2.75) is 30.9 Å². The molecule has 3 aromatic heterocycles. The molecule has 1 aromatic carbocycles. The van der Waals surface area contributed by atoms with Crippen LogP contribution in [0.15, 0.2) is 55.0 Å². The second-order valence-corrected chi connectivity index (χ2v) is 9.94. The molecule has 0 bridgehead atoms. The zero-order valence-electron chi connectivity index (χ0n) is 22.7. The number of halogens is 8. The monoisotopic (exact) mass is 643 g/mol. The van der Waals surface area contributed by atoms with Crippen LogP contribution in [0.2, 0.25) is 0 Å². The van der Waals surface area contributed by atoms with Crippen LogP contribution in [0.3, 0.4) is 0 Å². The van der Waals surface area contributed by atoms with Crippen molar-refractivity contribution in [3.63, 3.8) is 0 Å². The minimum absolute atomic E-state index is 0.0138. The van der Waals surface area contributed by atoms with Crippen LogP contribution >= 0.6 is 0 Å². The van der Waals surface area contributed by atoms with Gasteiger partial charge in [-0.15, -0.1) is 0 Å². The normalized spacial score (nSPS) is 16.5. The standard InChI is InChI=1S/C28H21F8N5O4/c29-18-10-15(40-8-9-45-13-21(40)28(34,35)36)11-19(30)22(18)25(42)39-20(26(43)44)12-14-3-4-16(24-38-6-7-41(14)24)23-17(27(31,32)33)2-1-5-37-23/h1-7,10-11,20-21H,8-9,12-13H2,(H,39,42)(H,43,44). The number of fused-ring (bicyclic) bond motifs is 1. The van der Waals surface area contributed by atoms with Crippen LogP contribution in [-0.4, -0.2) is 69.4 Å². The first-order valence-electron chi connectivity index (χ1n) is 13.1. The fraction of sp³-hybridized carbons (Fsp3) is 0.286. The lowest BCUT2D eigenvalue weighted by atomic mass is 10.0. The van der Waals surface area contributed by atoms with Crippen molar-refractivity contribution in [2.75, 3.05) is 24.7 Å². The number of hydrogen-bond acceptors (Lipinski definition) is 6. The number of carbonyl (C=O) groups is 2. The molecule has 1 saturated heterocycles. The molecule has 2 atom stereocenters. The predicted molar refractivity (Wildman–Crippen MR) is 140 cm³/mol. The van der Waals surface area contributed by atoms with Crippen molar-refractivity contribution in [1.82, 2.24) is 19.7 Å². The summed E-state index contributed by atoms with van der Waals surface area (Å²) in [6.07, 6.45) is -6.29. The van der Waals surface area contributed by atoms with Gasteiger partial charge in [0.1, 0.15) is 34.9 Å². The number of nitrogens with zero attached hydrogens (tertiary/aromatic N) is 4. The lowest BCUT2D eigenvalue weighted by Crippen LogP contribution is -2.53. The number of anilines is 1. The van der Waals surface area contributed by atoms with E-state index in [0.29, 0.717) is 17.0 Å². The summed E-state index contributed by atoms with van der Waals surface area (Å²) < 4.78 is 117. The zero-order chi connectivity index (χ0) is 32.7. The molecule has 0 radical (unpaired) electrons. The number of benzene rings is 1. The molecule has 45 heavy (non-hydrogen) atoms. The van der Waals surface area contributed by atoms with Gasteiger partial charge in [-0.05, 0) is 36.4 Å². The summed E-state index contributed by atoms with van der Waals surface area (Å²) >= 11 is 0. The number of morpholine rings is 1. The van der Waals surface area contributed by atoms with Gasteiger partial charge in [0.2, 0.25) is 0 Å². The van der Waals surface area contributed by atoms with Crippen LogP contribution in [0.5, 0.6) is 0 Å². The highest BCUT2D eigenvalue weighted by molar-refractivity contribution is 5.97. The maximum atomic E-state index is 15.0. The van der Waals surface area contributed by atoms with E-state index in [1.807, 2.05) is 5.32 Å². The topological polar surface area (TPSA) is 109 Å². The molecule has 17 heteroatoms. The fourth-order valence-corrected chi connectivity index (χ4v) is 5.03. The zero-order valence-corrected chi connectivity index (χ0v) is 22.7. The van der Waals surface area contributed by atoms with E-state index in [1.54, 1.807) is 0 Å². The number of aliphatic carboxylic acids is 1. The number of pyridine rings is 2. The number of rotatable bonds is 7. The molecule has 238 valence electrons. The Morgan fingerprint density at radius 2 is 1.76 bits per heavy atom. The molecular weight excluding hydrogens is 622 g/mol. The van der Waals surface area contributed by atoms with Gasteiger partial charge in [0, 0.05) is 48.5 Å². The molecule has 1 aliphatic rings. The van der Waals surface area contributed by atoms with Gasteiger partial charge in [-0.25, -0.2) is 18.6 Å². The van der Waals surface area contributed by atoms with Gasteiger partial charge >= 0.3 is 18.3 Å². The number of nitrogens with one attached hydrogen (secondary N) is 1. The summed E-state index contributed by atoms with van der Waals surface area (Å²) in [7, 11) is 0. The Morgan fingerprint density at radius 3 is 2.40 bits per heavy atom. The Labute approximate surface area is 248 Å². The van der Waals surface area contributed by atoms with Gasteiger partial charge in [0.15, 0.2) is 0 Å². The molecule has 4 aromatic rings. The molecule has 2 N–H and O–H groups in total. The summed E-state index contributed by atoms with van der Waals surface area (Å²) in [4.78, 5) is 33.6. The van der Waals surface area contributed by atoms with Crippen LogP contribution in [0, 0.1) is 11.6 Å². The lowest BCUT2D eigenvalue weighted by molar-refractivity contribution is -0.167. The molecule has 0 spiro atoms. The third-order valence-electron chi connectivity index (χ3n) is 7.11. The van der Waals surface area contributed by atoms with Crippen molar-refractivity contribution < 1.29 is 54.6 Å². The molecule has 1 aliphatic heterocycles. The maximum Gasteiger partial charge on any atom is 0.418 e. The molecule has 1 amide bonds. The summed E-state index contributed by atoms with van der Waals surface area (Å²) in [5, 5.41) is 11.8. The maximum absolute atomic E-state index is 15.0. The number of ether oxygens (including phenoxy) is 1. The van der Waals surface area contributed by atoms with Crippen LogP contribution in [0.25, 0.3) is 16.9 Å². The average molecular weight is 643 g/mol. The highest BCUT2D eigenvalue weighted by Gasteiger charge is 2.46. The van der Waals surface area contributed by atoms with Crippen LogP contribution in [0.1, 0.15) is 21.6 Å². The van der Waals surface area contributed by atoms with E-state index in [9.17, 15) is 41.0 Å². The van der Waals surface area contributed by atoms with Gasteiger partial charge in [-0.2, -0.15) is 26.3 Å². The van der Waals surface area contributed by atoms with E-state index >= 15 is 8.78 Å². The van der Waals surface area contributed by atoms with E-state index in [4.69, 9.17) is 4.74 Å². The molecule has 0 aliphatic carbocycles. The molecule has 4 heterocycles. The Balaban J connectivity index is 1.41. The lowest BCUT2D eigenvalue weighted by Gasteiger charge is -2.38. The summed E-state index contributed by atoms with van der Waals surface area (Å²) in [5.74, 6) is -6.18. The first-order valence-corrected chi connectivity index (χ1v) is 13.1. The molecule has 0 saturated carbocycles. The summed E-state index contributed by atoms with van der Waals surface area (Å²) in [5.41, 5.74) is -3.07. The third kappa shape index (κ3) is 6.38. The number of imidazole rings is 1. The fourth-order valence-electron chi connectivity index (χ4n) is 5.03. The third-order valence-corrected chi connectivity index (χ3v) is 7.11. The quantitative estimate of drug-likeness (QED) is 0.276. The van der Waals surface area contributed by atoms with Crippen molar-refractivity contribution in [3.05, 3.63) is 83.4 Å². The largest absolute Gasteiger partial charge is 0.480 e. The number of hydrogen-bond donors (Lipinski definition) is 2. The minimum Gasteiger partial charge on any atom is -0.480 e. The number of carboxylic acid groups (broad SMARTS) is 1. The highest BCUT2D eigenvalue weighted by atomic mass is 19.4. The first-order chi connectivity index (χ1) is 21.2. The van der Waals surface area contributed by atoms with Crippen molar-refractivity contribution >= 4 is 23.2 Å². The van der Waals surface area contributed by atoms with Crippen LogP contribution < -0.4 is 10.2 Å². The Bertz CT molecular complexity index is 1730. The second-order valence-electron chi connectivity index (χ2n) is 9.94. The summed E-state index contributed by atoms with van der Waals surface area (Å²) in [6.45, 7) is -1.25. The van der Waals surface area contributed by atoms with Crippen LogP contribution in [-0.2, 0) is 22.1 Å². The number of carbonyl (C=O) groups excluding carboxylic acids is 1. The Hall–Kier alpha value is -4.80. The van der Waals surface area contributed by atoms with Crippen molar-refractivity contribution in [2.24, 2.45) is 0 Å². The molecular formula is C28H21F8N5O4.